The van der Waals surface area contributed by atoms with E-state index in [9.17, 15) is 9.59 Å². The molecule has 0 radical (unpaired) electrons. The van der Waals surface area contributed by atoms with Crippen LogP contribution in [0.5, 0.6) is 0 Å². The number of benzene rings is 1. The highest BCUT2D eigenvalue weighted by molar-refractivity contribution is 9.10. The first kappa shape index (κ1) is 19.4. The van der Waals surface area contributed by atoms with E-state index in [0.29, 0.717) is 24.3 Å². The predicted molar refractivity (Wildman–Crippen MR) is 108 cm³/mol. The Kier molecular flexibility index (Phi) is 5.69. The van der Waals surface area contributed by atoms with Crippen LogP contribution in [0.3, 0.4) is 0 Å². The molecule has 1 aromatic rings. The van der Waals surface area contributed by atoms with Crippen molar-refractivity contribution in [1.29, 1.82) is 0 Å². The molecule has 0 saturated carbocycles. The maximum atomic E-state index is 13.1. The van der Waals surface area contributed by atoms with Gasteiger partial charge < -0.3 is 14.8 Å². The monoisotopic (exact) mass is 445 g/mol. The number of rotatable bonds is 4. The normalized spacial score (nSPS) is 27.4. The maximum Gasteiger partial charge on any atom is 0.315 e. The maximum absolute atomic E-state index is 13.1. The molecule has 1 N–H and O–H groups in total. The van der Waals surface area contributed by atoms with Crippen LogP contribution >= 0.6 is 15.9 Å². The molecule has 6 heteroatoms. The third-order valence-corrected chi connectivity index (χ3v) is 6.18. The second-order valence-electron chi connectivity index (χ2n) is 7.59. The number of carbonyl (C=O) groups is 2. The molecule has 148 valence electrons. The summed E-state index contributed by atoms with van der Waals surface area (Å²) in [6.45, 7) is 5.07. The Labute approximate surface area is 173 Å². The molecule has 1 aliphatic carbocycles. The average molecular weight is 446 g/mol. The summed E-state index contributed by atoms with van der Waals surface area (Å²) in [7, 11) is 0. The van der Waals surface area contributed by atoms with E-state index in [1.807, 2.05) is 24.3 Å². The van der Waals surface area contributed by atoms with Crippen LogP contribution in [-0.4, -0.2) is 31.1 Å². The topological polar surface area (TPSA) is 64.6 Å². The highest BCUT2D eigenvalue weighted by Gasteiger charge is 2.44. The number of ether oxygens (including phenoxy) is 2. The Bertz CT molecular complexity index is 841. The van der Waals surface area contributed by atoms with Crippen LogP contribution < -0.4 is 5.32 Å². The smallest absolute Gasteiger partial charge is 0.315 e. The first-order valence-corrected chi connectivity index (χ1v) is 10.6. The van der Waals surface area contributed by atoms with Crippen LogP contribution in [-0.2, 0) is 19.1 Å². The van der Waals surface area contributed by atoms with Gasteiger partial charge in [0.2, 0.25) is 0 Å². The van der Waals surface area contributed by atoms with Gasteiger partial charge in [-0.15, -0.1) is 0 Å². The van der Waals surface area contributed by atoms with Gasteiger partial charge in [0.25, 0.3) is 0 Å². The molecular formula is C22H24BrNO4. The minimum absolute atomic E-state index is 0.0378. The molecule has 3 aliphatic rings. The summed E-state index contributed by atoms with van der Waals surface area (Å²) < 4.78 is 12.1. The molecule has 2 aliphatic heterocycles. The van der Waals surface area contributed by atoms with Crippen molar-refractivity contribution in [3.63, 3.8) is 0 Å². The zero-order valence-electron chi connectivity index (χ0n) is 15.7. The van der Waals surface area contributed by atoms with E-state index in [2.05, 4.69) is 27.8 Å². The number of Topliss-reactive ketones (excluding diaryl/α,β-unsaturated/α-hetero) is 1. The molecule has 1 aromatic carbocycles. The third kappa shape index (κ3) is 3.80. The number of ketones is 1. The fourth-order valence-corrected chi connectivity index (χ4v) is 4.79. The molecule has 1 saturated heterocycles. The van der Waals surface area contributed by atoms with Crippen LogP contribution in [0, 0.1) is 5.92 Å². The van der Waals surface area contributed by atoms with Gasteiger partial charge in [-0.3, -0.25) is 9.59 Å². The predicted octanol–water partition coefficient (Wildman–Crippen LogP) is 4.00. The minimum Gasteiger partial charge on any atom is -0.462 e. The van der Waals surface area contributed by atoms with Crippen LogP contribution in [0.25, 0.3) is 0 Å². The van der Waals surface area contributed by atoms with Crippen LogP contribution in [0.2, 0.25) is 0 Å². The number of carbonyl (C=O) groups excluding carboxylic acids is 2. The second kappa shape index (κ2) is 8.21. The van der Waals surface area contributed by atoms with Crippen LogP contribution in [0.4, 0.5) is 0 Å². The van der Waals surface area contributed by atoms with Gasteiger partial charge in [0.15, 0.2) is 5.78 Å². The Balaban J connectivity index is 1.68. The molecular weight excluding hydrogens is 422 g/mol. The summed E-state index contributed by atoms with van der Waals surface area (Å²) in [5, 5.41) is 3.24. The molecule has 0 spiro atoms. The van der Waals surface area contributed by atoms with E-state index in [-0.39, 0.29) is 30.4 Å². The van der Waals surface area contributed by atoms with Crippen molar-refractivity contribution in [2.75, 3.05) is 13.2 Å². The van der Waals surface area contributed by atoms with Gasteiger partial charge >= 0.3 is 5.97 Å². The lowest BCUT2D eigenvalue weighted by Crippen LogP contribution is -2.41. The number of hydrogen-bond acceptors (Lipinski definition) is 5. The molecule has 0 amide bonds. The number of halogens is 1. The van der Waals surface area contributed by atoms with Crippen molar-refractivity contribution in [3.05, 3.63) is 57.8 Å². The van der Waals surface area contributed by atoms with Crippen molar-refractivity contribution >= 4 is 27.7 Å². The summed E-state index contributed by atoms with van der Waals surface area (Å²) in [5.74, 6) is -1.28. The fourth-order valence-electron chi connectivity index (χ4n) is 4.37. The van der Waals surface area contributed by atoms with Gasteiger partial charge in [0.05, 0.1) is 6.10 Å². The summed E-state index contributed by atoms with van der Waals surface area (Å²) in [6, 6.07) is 7.78. The zero-order valence-corrected chi connectivity index (χ0v) is 17.3. The number of nitrogens with one attached hydrogen (secondary N) is 1. The van der Waals surface area contributed by atoms with Gasteiger partial charge in [-0.1, -0.05) is 34.6 Å². The summed E-state index contributed by atoms with van der Waals surface area (Å²) in [4.78, 5) is 25.9. The minimum atomic E-state index is -0.642. The Morgan fingerprint density at radius 3 is 2.93 bits per heavy atom. The van der Waals surface area contributed by atoms with E-state index in [4.69, 9.17) is 9.47 Å². The van der Waals surface area contributed by atoms with E-state index >= 15 is 0 Å². The van der Waals surface area contributed by atoms with E-state index < -0.39 is 5.92 Å². The molecule has 28 heavy (non-hydrogen) atoms. The van der Waals surface area contributed by atoms with Crippen molar-refractivity contribution in [2.24, 2.45) is 5.92 Å². The Morgan fingerprint density at radius 2 is 2.18 bits per heavy atom. The standard InChI is InChI=1S/C22H24BrNO4/c1-13-19(22(26)28-12-16-7-4-10-27-16)20(14-5-2-6-15(23)11-14)21-17(24-13)8-3-9-18(21)25/h2,5-6,11,16,19-20,24H,1,3-4,7-10,12H2. The molecule has 1 fully saturated rings. The molecule has 5 nitrogen and oxygen atoms in total. The van der Waals surface area contributed by atoms with Crippen molar-refractivity contribution in [1.82, 2.24) is 5.32 Å². The van der Waals surface area contributed by atoms with Gasteiger partial charge in [0.1, 0.15) is 12.5 Å². The van der Waals surface area contributed by atoms with E-state index in [0.717, 1.165) is 41.4 Å². The van der Waals surface area contributed by atoms with E-state index in [1.165, 1.54) is 0 Å². The van der Waals surface area contributed by atoms with Gasteiger partial charge in [-0.05, 0) is 43.4 Å². The molecule has 4 rings (SSSR count). The average Bonchev–Trinajstić information content (AvgIpc) is 3.19. The zero-order chi connectivity index (χ0) is 19.7. The highest BCUT2D eigenvalue weighted by Crippen LogP contribution is 2.44. The largest absolute Gasteiger partial charge is 0.462 e. The summed E-state index contributed by atoms with van der Waals surface area (Å²) in [5.41, 5.74) is 3.11. The third-order valence-electron chi connectivity index (χ3n) is 5.68. The quantitative estimate of drug-likeness (QED) is 0.709. The number of allylic oxidation sites excluding steroid dienone is 2. The van der Waals surface area contributed by atoms with Gasteiger partial charge in [0, 0.05) is 40.4 Å². The van der Waals surface area contributed by atoms with E-state index in [1.54, 1.807) is 0 Å². The van der Waals surface area contributed by atoms with Crippen LogP contribution in [0.1, 0.15) is 43.6 Å². The SMILES string of the molecule is C=C1NC2=C(C(=O)CCC2)C(c2cccc(Br)c2)C1C(=O)OCC1CCCO1. The fraction of sp³-hybridized carbons (Fsp3) is 0.455. The lowest BCUT2D eigenvalue weighted by Gasteiger charge is -2.38. The highest BCUT2D eigenvalue weighted by atomic mass is 79.9. The van der Waals surface area contributed by atoms with Crippen LogP contribution in [0.15, 0.2) is 52.3 Å². The van der Waals surface area contributed by atoms with Gasteiger partial charge in [-0.25, -0.2) is 0 Å². The van der Waals surface area contributed by atoms with Gasteiger partial charge in [-0.2, -0.15) is 0 Å². The second-order valence-corrected chi connectivity index (χ2v) is 8.51. The van der Waals surface area contributed by atoms with Crippen molar-refractivity contribution in [3.8, 4) is 0 Å². The lowest BCUT2D eigenvalue weighted by molar-refractivity contribution is -0.151. The lowest BCUT2D eigenvalue weighted by atomic mass is 9.71. The molecule has 0 aromatic heterocycles. The number of esters is 1. The Morgan fingerprint density at radius 1 is 1.32 bits per heavy atom. The molecule has 3 unspecified atom stereocenters. The summed E-state index contributed by atoms with van der Waals surface area (Å²) >= 11 is 3.51. The number of hydrogen-bond donors (Lipinski definition) is 1. The first-order chi connectivity index (χ1) is 13.5. The van der Waals surface area contributed by atoms with Crippen molar-refractivity contribution in [2.45, 2.75) is 44.1 Å². The molecule has 3 atom stereocenters. The van der Waals surface area contributed by atoms with Crippen molar-refractivity contribution < 1.29 is 19.1 Å². The first-order valence-electron chi connectivity index (χ1n) is 9.80. The molecule has 0 bridgehead atoms. The Hall–Kier alpha value is -1.92. The summed E-state index contributed by atoms with van der Waals surface area (Å²) in [6.07, 6.45) is 3.98. The molecule has 2 heterocycles.